The zero-order valence-electron chi connectivity index (χ0n) is 8.35. The second kappa shape index (κ2) is 5.42. The van der Waals surface area contributed by atoms with E-state index in [-0.39, 0.29) is 5.91 Å². The van der Waals surface area contributed by atoms with Crippen LogP contribution in [-0.2, 0) is 4.79 Å². The van der Waals surface area contributed by atoms with Crippen LogP contribution in [-0.4, -0.2) is 20.6 Å². The summed E-state index contributed by atoms with van der Waals surface area (Å²) < 4.78 is 1.34. The zero-order valence-corrected chi connectivity index (χ0v) is 10.2. The van der Waals surface area contributed by atoms with Crippen LogP contribution in [0.15, 0.2) is 9.93 Å². The summed E-state index contributed by atoms with van der Waals surface area (Å²) in [4.78, 5) is 10.9. The van der Waals surface area contributed by atoms with E-state index < -0.39 is 14.7 Å². The number of carbonyl (C=O) groups excluding carboxylic acids is 1. The number of carbonyl (C=O) groups is 1. The fourth-order valence-corrected chi connectivity index (χ4v) is 4.17. The first kappa shape index (κ1) is 11.8. The van der Waals surface area contributed by atoms with Gasteiger partial charge in [0.25, 0.3) is 0 Å². The topological polar surface area (TPSA) is 43.1 Å². The molecule has 0 aliphatic heterocycles. The van der Waals surface area contributed by atoms with Crippen molar-refractivity contribution in [3.05, 3.63) is 9.93 Å². The predicted molar refractivity (Wildman–Crippen MR) is 54.3 cm³/mol. The maximum atomic E-state index is 10.9. The minimum absolute atomic E-state index is 0.249. The quantitative estimate of drug-likeness (QED) is 0.582. The second-order valence-corrected chi connectivity index (χ2v) is 7.97. The number of amides is 1. The maximum absolute atomic E-state index is 10.9. The van der Waals surface area contributed by atoms with E-state index in [4.69, 9.17) is 5.73 Å². The van der Waals surface area contributed by atoms with Gasteiger partial charge in [-0.2, -0.15) is 0 Å². The van der Waals surface area contributed by atoms with Gasteiger partial charge in [0.05, 0.1) is 0 Å². The van der Waals surface area contributed by atoms with Crippen LogP contribution in [0.5, 0.6) is 0 Å². The molecule has 0 bridgehead atoms. The summed E-state index contributed by atoms with van der Waals surface area (Å²) in [7, 11) is 0. The molecule has 0 atom stereocenters. The molecule has 0 unspecified atom stereocenters. The summed E-state index contributed by atoms with van der Waals surface area (Å²) in [5, 5.41) is 0. The summed E-state index contributed by atoms with van der Waals surface area (Å²) in [5.41, 5.74) is 10.5. The molecule has 2 N–H and O–H groups in total. The molecule has 0 fully saturated rings. The summed E-state index contributed by atoms with van der Waals surface area (Å²) in [5.74, 6) is -0.249. The van der Waals surface area contributed by atoms with Crippen LogP contribution in [0.1, 0.15) is 26.7 Å². The Morgan fingerprint density at radius 1 is 1.42 bits per heavy atom. The Bertz CT molecular complexity index is 197. The van der Waals surface area contributed by atoms with Crippen molar-refractivity contribution < 1.29 is 4.79 Å². The number of primary amides is 1. The zero-order chi connectivity index (χ0) is 9.72. The fraction of sp³-hybridized carbons (Fsp3) is 0.667. The Labute approximate surface area is 79.5 Å². The SMILES string of the molecule is CCC/C(=C(/C)C(N)=O)[As](C)C. The molecule has 0 aromatic rings. The third-order valence-corrected chi connectivity index (χ3v) is 5.27. The standard InChI is InChI=1S/C9H18AsNO/c1-5-6-8(10(3)4)7(2)9(11)12/h5-6H2,1-4H3,(H2,11,12)/b8-7+. The fourth-order valence-electron chi connectivity index (χ4n) is 1.13. The van der Waals surface area contributed by atoms with Gasteiger partial charge in [0.1, 0.15) is 0 Å². The molecule has 0 aromatic heterocycles. The molecule has 0 spiro atoms. The third-order valence-electron chi connectivity index (χ3n) is 1.83. The Kier molecular flexibility index (Phi) is 5.32. The average Bonchev–Trinajstić information content (AvgIpc) is 1.98. The molecule has 0 saturated carbocycles. The normalized spacial score (nSPS) is 13.1. The van der Waals surface area contributed by atoms with E-state index in [0.29, 0.717) is 0 Å². The van der Waals surface area contributed by atoms with Gasteiger partial charge in [-0.05, 0) is 0 Å². The molecular formula is C9H18AsNO. The number of allylic oxidation sites excluding steroid dienone is 1. The molecule has 0 rings (SSSR count). The minimum atomic E-state index is -0.902. The van der Waals surface area contributed by atoms with E-state index in [2.05, 4.69) is 18.3 Å². The third kappa shape index (κ3) is 3.44. The van der Waals surface area contributed by atoms with E-state index in [0.717, 1.165) is 18.4 Å². The molecule has 0 radical (unpaired) electrons. The molecule has 0 aliphatic rings. The van der Waals surface area contributed by atoms with Crippen molar-refractivity contribution in [2.45, 2.75) is 38.1 Å². The average molecular weight is 231 g/mol. The second-order valence-electron chi connectivity index (χ2n) is 3.08. The van der Waals surface area contributed by atoms with E-state index in [9.17, 15) is 4.79 Å². The molecule has 12 heavy (non-hydrogen) atoms. The molecule has 1 amide bonds. The molecule has 2 nitrogen and oxygen atoms in total. The number of hydrogen-bond acceptors (Lipinski definition) is 1. The van der Waals surface area contributed by atoms with Crippen LogP contribution < -0.4 is 5.73 Å². The van der Waals surface area contributed by atoms with E-state index in [1.807, 2.05) is 6.92 Å². The van der Waals surface area contributed by atoms with Gasteiger partial charge in [-0.3, -0.25) is 0 Å². The van der Waals surface area contributed by atoms with Crippen LogP contribution in [0.3, 0.4) is 0 Å². The summed E-state index contributed by atoms with van der Waals surface area (Å²) in [6, 6.07) is 0. The molecule has 3 heteroatoms. The Hall–Kier alpha value is -0.232. The summed E-state index contributed by atoms with van der Waals surface area (Å²) >= 11 is -0.902. The van der Waals surface area contributed by atoms with Gasteiger partial charge < -0.3 is 0 Å². The van der Waals surface area contributed by atoms with Crippen LogP contribution in [0.25, 0.3) is 0 Å². The van der Waals surface area contributed by atoms with Gasteiger partial charge >= 0.3 is 79.1 Å². The van der Waals surface area contributed by atoms with Crippen LogP contribution in [0, 0.1) is 0 Å². The van der Waals surface area contributed by atoms with E-state index in [1.54, 1.807) is 0 Å². The number of hydrogen-bond donors (Lipinski definition) is 1. The molecule has 0 heterocycles. The van der Waals surface area contributed by atoms with Gasteiger partial charge in [-0.25, -0.2) is 0 Å². The Morgan fingerprint density at radius 3 is 2.17 bits per heavy atom. The number of rotatable bonds is 4. The first-order valence-electron chi connectivity index (χ1n) is 4.17. The van der Waals surface area contributed by atoms with Crippen LogP contribution in [0.2, 0.25) is 11.4 Å². The molecule has 70 valence electrons. The van der Waals surface area contributed by atoms with Gasteiger partial charge in [0.2, 0.25) is 0 Å². The van der Waals surface area contributed by atoms with Gasteiger partial charge in [0, 0.05) is 0 Å². The van der Waals surface area contributed by atoms with Crippen molar-refractivity contribution in [2.75, 3.05) is 0 Å². The van der Waals surface area contributed by atoms with Crippen molar-refractivity contribution in [3.63, 3.8) is 0 Å². The van der Waals surface area contributed by atoms with Crippen molar-refractivity contribution in [1.29, 1.82) is 0 Å². The van der Waals surface area contributed by atoms with Crippen molar-refractivity contribution in [3.8, 4) is 0 Å². The molecule has 0 saturated heterocycles. The van der Waals surface area contributed by atoms with Gasteiger partial charge in [-0.15, -0.1) is 0 Å². The van der Waals surface area contributed by atoms with Crippen LogP contribution >= 0.6 is 0 Å². The first-order chi connectivity index (χ1) is 5.50. The molecule has 0 aromatic carbocycles. The Morgan fingerprint density at radius 2 is 1.92 bits per heavy atom. The molecule has 0 aliphatic carbocycles. The van der Waals surface area contributed by atoms with Gasteiger partial charge in [0.15, 0.2) is 0 Å². The van der Waals surface area contributed by atoms with Crippen molar-refractivity contribution in [2.24, 2.45) is 5.73 Å². The molecular weight excluding hydrogens is 213 g/mol. The van der Waals surface area contributed by atoms with E-state index in [1.165, 1.54) is 4.36 Å². The predicted octanol–water partition coefficient (Wildman–Crippen LogP) is 1.88. The number of nitrogens with two attached hydrogens (primary N) is 1. The van der Waals surface area contributed by atoms with Crippen molar-refractivity contribution >= 4 is 20.6 Å². The van der Waals surface area contributed by atoms with Gasteiger partial charge in [-0.1, -0.05) is 0 Å². The van der Waals surface area contributed by atoms with E-state index >= 15 is 0 Å². The van der Waals surface area contributed by atoms with Crippen molar-refractivity contribution in [1.82, 2.24) is 0 Å². The summed E-state index contributed by atoms with van der Waals surface area (Å²) in [6.07, 6.45) is 2.15. The first-order valence-corrected chi connectivity index (χ1v) is 8.86. The monoisotopic (exact) mass is 231 g/mol. The summed E-state index contributed by atoms with van der Waals surface area (Å²) in [6.45, 7) is 3.98. The Balaban J connectivity index is 4.67. The van der Waals surface area contributed by atoms with Crippen LogP contribution in [0.4, 0.5) is 0 Å².